The number of fused-ring (bicyclic) bond motifs is 1. The van der Waals surface area contributed by atoms with Crippen LogP contribution in [0.25, 0.3) is 0 Å². The molecule has 3 aliphatic carbocycles. The average Bonchev–Trinajstić information content (AvgIpc) is 3.36. The number of rotatable bonds is 3. The molecule has 4 atom stereocenters. The summed E-state index contributed by atoms with van der Waals surface area (Å²) in [6.45, 7) is 4.66. The maximum Gasteiger partial charge on any atom is 0.226 e. The first-order valence-corrected chi connectivity index (χ1v) is 10.8. The second kappa shape index (κ2) is 6.39. The number of allylic oxidation sites excluding steroid dienone is 1. The summed E-state index contributed by atoms with van der Waals surface area (Å²) in [4.78, 5) is 18.4. The van der Waals surface area contributed by atoms with E-state index in [0.29, 0.717) is 30.0 Å². The lowest BCUT2D eigenvalue weighted by Crippen LogP contribution is -2.47. The fourth-order valence-electron chi connectivity index (χ4n) is 5.75. The van der Waals surface area contributed by atoms with E-state index in [1.165, 1.54) is 29.8 Å². The highest BCUT2D eigenvalue weighted by Gasteiger charge is 2.44. The van der Waals surface area contributed by atoms with E-state index in [0.717, 1.165) is 38.5 Å². The monoisotopic (exact) mass is 368 g/mol. The highest BCUT2D eigenvalue weighted by molar-refractivity contribution is 5.80. The molecular weight excluding hydrogens is 336 g/mol. The van der Waals surface area contributed by atoms with Crippen LogP contribution in [-0.2, 0) is 17.6 Å². The molecule has 146 valence electrons. The van der Waals surface area contributed by atoms with Crippen molar-refractivity contribution in [3.63, 3.8) is 0 Å². The van der Waals surface area contributed by atoms with Crippen LogP contribution in [0.2, 0.25) is 0 Å². The Bertz CT molecular complexity index is 777. The minimum Gasteiger partial charge on any atom is -0.375 e. The van der Waals surface area contributed by atoms with Crippen molar-refractivity contribution < 1.29 is 4.79 Å². The van der Waals surface area contributed by atoms with Crippen LogP contribution < -0.4 is 0 Å². The lowest BCUT2D eigenvalue weighted by molar-refractivity contribution is -0.139. The molecule has 5 nitrogen and oxygen atoms in total. The van der Waals surface area contributed by atoms with Crippen LogP contribution in [0, 0.1) is 11.8 Å². The Morgan fingerprint density at radius 1 is 1.15 bits per heavy atom. The number of nitrogens with one attached hydrogen (secondary N) is 1. The molecule has 27 heavy (non-hydrogen) atoms. The molecule has 4 unspecified atom stereocenters. The van der Waals surface area contributed by atoms with Gasteiger partial charge in [0.2, 0.25) is 5.91 Å². The lowest BCUT2D eigenvalue weighted by atomic mass is 9.81. The van der Waals surface area contributed by atoms with Gasteiger partial charge < -0.3 is 9.80 Å². The summed E-state index contributed by atoms with van der Waals surface area (Å²) in [6.07, 6.45) is 10.5. The number of H-pyrrole nitrogens is 1. The summed E-state index contributed by atoms with van der Waals surface area (Å²) in [6, 6.07) is 1.43. The molecule has 1 amide bonds. The van der Waals surface area contributed by atoms with Gasteiger partial charge in [0, 0.05) is 42.5 Å². The molecule has 5 heteroatoms. The Morgan fingerprint density at radius 3 is 2.74 bits per heavy atom. The Morgan fingerprint density at radius 2 is 1.96 bits per heavy atom. The molecule has 4 aliphatic rings. The Labute approximate surface area is 162 Å². The van der Waals surface area contributed by atoms with Gasteiger partial charge in [0.25, 0.3) is 0 Å². The molecule has 0 saturated heterocycles. The van der Waals surface area contributed by atoms with Gasteiger partial charge in [0.15, 0.2) is 0 Å². The lowest BCUT2D eigenvalue weighted by Gasteiger charge is -2.38. The molecule has 1 fully saturated rings. The number of nitrogens with zero attached hydrogens (tertiary/aromatic N) is 3. The van der Waals surface area contributed by atoms with Crippen molar-refractivity contribution in [1.82, 2.24) is 20.0 Å². The predicted molar refractivity (Wildman–Crippen MR) is 105 cm³/mol. The molecule has 1 saturated carbocycles. The van der Waals surface area contributed by atoms with E-state index in [1.54, 1.807) is 5.57 Å². The predicted octanol–water partition coefficient (Wildman–Crippen LogP) is 3.28. The second-order valence-corrected chi connectivity index (χ2v) is 9.30. The minimum atomic E-state index is 0.191. The molecule has 1 aromatic heterocycles. The van der Waals surface area contributed by atoms with Gasteiger partial charge in [-0.15, -0.1) is 0 Å². The molecule has 5 rings (SSSR count). The first kappa shape index (κ1) is 17.3. The van der Waals surface area contributed by atoms with Crippen LogP contribution >= 0.6 is 0 Å². The van der Waals surface area contributed by atoms with E-state index in [2.05, 4.69) is 40.9 Å². The highest BCUT2D eigenvalue weighted by Crippen LogP contribution is 2.44. The highest BCUT2D eigenvalue weighted by atomic mass is 16.2. The molecule has 1 N–H and O–H groups in total. The van der Waals surface area contributed by atoms with Gasteiger partial charge in [0.1, 0.15) is 0 Å². The Hall–Kier alpha value is -1.78. The van der Waals surface area contributed by atoms with E-state index in [1.807, 2.05) is 6.20 Å². The zero-order valence-electron chi connectivity index (χ0n) is 16.9. The smallest absolute Gasteiger partial charge is 0.226 e. The summed E-state index contributed by atoms with van der Waals surface area (Å²) < 4.78 is 0. The molecule has 1 aliphatic heterocycles. The third-order valence-electron chi connectivity index (χ3n) is 7.80. The maximum atomic E-state index is 13.7. The molecule has 0 radical (unpaired) electrons. The molecule has 0 bridgehead atoms. The largest absolute Gasteiger partial charge is 0.375 e. The quantitative estimate of drug-likeness (QED) is 0.891. The van der Waals surface area contributed by atoms with Gasteiger partial charge in [-0.05, 0) is 75.3 Å². The number of hydrogen-bond donors (Lipinski definition) is 1. The van der Waals surface area contributed by atoms with E-state index >= 15 is 0 Å². The second-order valence-electron chi connectivity index (χ2n) is 9.30. The van der Waals surface area contributed by atoms with E-state index in [4.69, 9.17) is 0 Å². The number of carbonyl (C=O) groups is 1. The summed E-state index contributed by atoms with van der Waals surface area (Å²) in [5.74, 6) is 1.21. The van der Waals surface area contributed by atoms with Crippen LogP contribution in [0.5, 0.6) is 0 Å². The number of amides is 1. The maximum absolute atomic E-state index is 13.7. The van der Waals surface area contributed by atoms with Gasteiger partial charge in [-0.1, -0.05) is 6.92 Å². The van der Waals surface area contributed by atoms with Crippen LogP contribution in [-0.4, -0.2) is 51.1 Å². The number of aromatic amines is 1. The summed E-state index contributed by atoms with van der Waals surface area (Å²) in [5.41, 5.74) is 5.68. The SMILES string of the molecule is CC1C2=C(CCC(C(=O)N(C3CC3)C3CCc4[nH]ncc4C3)C2)N(C)C1C. The molecule has 0 aromatic carbocycles. The van der Waals surface area contributed by atoms with Crippen molar-refractivity contribution in [2.75, 3.05) is 7.05 Å². The van der Waals surface area contributed by atoms with E-state index in [-0.39, 0.29) is 5.92 Å². The van der Waals surface area contributed by atoms with Gasteiger partial charge >= 0.3 is 0 Å². The fourth-order valence-corrected chi connectivity index (χ4v) is 5.75. The summed E-state index contributed by atoms with van der Waals surface area (Å²) in [7, 11) is 2.23. The molecular formula is C22H32N4O. The van der Waals surface area contributed by atoms with Gasteiger partial charge in [-0.3, -0.25) is 9.89 Å². The van der Waals surface area contributed by atoms with Crippen molar-refractivity contribution in [2.45, 2.75) is 83.3 Å². The first-order valence-electron chi connectivity index (χ1n) is 10.8. The van der Waals surface area contributed by atoms with E-state index in [9.17, 15) is 4.79 Å². The Balaban J connectivity index is 1.34. The zero-order chi connectivity index (χ0) is 18.7. The van der Waals surface area contributed by atoms with Crippen molar-refractivity contribution in [1.29, 1.82) is 0 Å². The first-order chi connectivity index (χ1) is 13.0. The van der Waals surface area contributed by atoms with Crippen LogP contribution in [0.3, 0.4) is 0 Å². The van der Waals surface area contributed by atoms with Crippen molar-refractivity contribution in [2.24, 2.45) is 11.8 Å². The Kier molecular flexibility index (Phi) is 4.10. The number of carbonyl (C=O) groups excluding carboxylic acids is 1. The number of hydrogen-bond acceptors (Lipinski definition) is 3. The number of aryl methyl sites for hydroxylation is 1. The van der Waals surface area contributed by atoms with Gasteiger partial charge in [-0.25, -0.2) is 0 Å². The van der Waals surface area contributed by atoms with Gasteiger partial charge in [0.05, 0.1) is 6.20 Å². The van der Waals surface area contributed by atoms with Crippen molar-refractivity contribution in [3.05, 3.63) is 28.7 Å². The minimum absolute atomic E-state index is 0.191. The average molecular weight is 369 g/mol. The molecule has 1 aromatic rings. The zero-order valence-corrected chi connectivity index (χ0v) is 16.9. The normalized spacial score (nSPS) is 33.1. The standard InChI is InChI=1S/C22H32N4O/c1-13-14(2)25(3)21-9-4-15(11-19(13)21)22(27)26(17-5-6-17)18-7-8-20-16(10-18)12-23-24-20/h12-15,17-18H,4-11H2,1-3H3,(H,23,24). The topological polar surface area (TPSA) is 52.2 Å². The molecule has 0 spiro atoms. The number of aromatic nitrogens is 2. The third kappa shape index (κ3) is 2.81. The van der Waals surface area contributed by atoms with Gasteiger partial charge in [-0.2, -0.15) is 5.10 Å². The fraction of sp³-hybridized carbons (Fsp3) is 0.727. The summed E-state index contributed by atoms with van der Waals surface area (Å²) in [5, 5.41) is 7.34. The third-order valence-corrected chi connectivity index (χ3v) is 7.80. The van der Waals surface area contributed by atoms with Crippen molar-refractivity contribution >= 4 is 5.91 Å². The van der Waals surface area contributed by atoms with Crippen LogP contribution in [0.1, 0.15) is 63.6 Å². The van der Waals surface area contributed by atoms with E-state index < -0.39 is 0 Å². The van der Waals surface area contributed by atoms with Crippen LogP contribution in [0.15, 0.2) is 17.5 Å². The molecule has 2 heterocycles. The summed E-state index contributed by atoms with van der Waals surface area (Å²) >= 11 is 0. The van der Waals surface area contributed by atoms with Crippen LogP contribution in [0.4, 0.5) is 0 Å². The van der Waals surface area contributed by atoms with Crippen molar-refractivity contribution in [3.8, 4) is 0 Å².